The molecule has 0 saturated carbocycles. The first-order chi connectivity index (χ1) is 8.20. The fourth-order valence-corrected chi connectivity index (χ4v) is 3.00. The van der Waals surface area contributed by atoms with E-state index in [0.717, 1.165) is 41.7 Å². The van der Waals surface area contributed by atoms with Crippen LogP contribution in [0.25, 0.3) is 0 Å². The molecule has 1 fully saturated rings. The van der Waals surface area contributed by atoms with E-state index in [2.05, 4.69) is 16.0 Å². The molecular formula is C12H15N3OS. The Morgan fingerprint density at radius 1 is 1.47 bits per heavy atom. The van der Waals surface area contributed by atoms with Gasteiger partial charge in [-0.3, -0.25) is 0 Å². The lowest BCUT2D eigenvalue weighted by Crippen LogP contribution is -2.09. The van der Waals surface area contributed by atoms with Crippen molar-refractivity contribution in [1.82, 2.24) is 9.97 Å². The van der Waals surface area contributed by atoms with Crippen LogP contribution in [-0.4, -0.2) is 28.4 Å². The van der Waals surface area contributed by atoms with Crippen LogP contribution in [0.5, 0.6) is 0 Å². The summed E-state index contributed by atoms with van der Waals surface area (Å²) in [6.07, 6.45) is 2.55. The first kappa shape index (κ1) is 12.3. The highest BCUT2D eigenvalue weighted by molar-refractivity contribution is 7.99. The number of nitrogens with zero attached hydrogens (tertiary/aromatic N) is 3. The largest absolute Gasteiger partial charge is 0.377 e. The molecule has 0 radical (unpaired) electrons. The molecule has 4 nitrogen and oxygen atoms in total. The lowest BCUT2D eigenvalue weighted by Gasteiger charge is -2.10. The Hall–Kier alpha value is -1.12. The smallest absolute Gasteiger partial charge is 0.126 e. The number of nitriles is 1. The van der Waals surface area contributed by atoms with Crippen LogP contribution in [-0.2, 0) is 4.74 Å². The second kappa shape index (κ2) is 5.48. The third kappa shape index (κ3) is 2.96. The second-order valence-electron chi connectivity index (χ2n) is 4.09. The van der Waals surface area contributed by atoms with E-state index in [1.165, 1.54) is 0 Å². The number of hydrogen-bond acceptors (Lipinski definition) is 5. The Balaban J connectivity index is 2.11. The zero-order valence-electron chi connectivity index (χ0n) is 10.1. The molecule has 1 saturated heterocycles. The molecule has 1 aromatic heterocycles. The predicted octanol–water partition coefficient (Wildman–Crippen LogP) is 2.24. The third-order valence-corrected chi connectivity index (χ3v) is 3.82. The number of ether oxygens (including phenoxy) is 1. The highest BCUT2D eigenvalue weighted by Crippen LogP contribution is 2.25. The van der Waals surface area contributed by atoms with Crippen molar-refractivity contribution < 1.29 is 4.74 Å². The van der Waals surface area contributed by atoms with Gasteiger partial charge in [0.2, 0.25) is 0 Å². The van der Waals surface area contributed by atoms with Crippen molar-refractivity contribution >= 4 is 11.8 Å². The summed E-state index contributed by atoms with van der Waals surface area (Å²) in [6, 6.07) is 2.18. The third-order valence-electron chi connectivity index (χ3n) is 2.71. The minimum absolute atomic E-state index is 0.308. The van der Waals surface area contributed by atoms with Crippen molar-refractivity contribution in [3.05, 3.63) is 17.1 Å². The lowest BCUT2D eigenvalue weighted by atomic mass is 10.2. The van der Waals surface area contributed by atoms with Gasteiger partial charge in [-0.05, 0) is 26.7 Å². The van der Waals surface area contributed by atoms with Gasteiger partial charge in [0.15, 0.2) is 0 Å². The van der Waals surface area contributed by atoms with Crippen molar-refractivity contribution in [3.63, 3.8) is 0 Å². The fraction of sp³-hybridized carbons (Fsp3) is 0.583. The summed E-state index contributed by atoms with van der Waals surface area (Å²) >= 11 is 1.60. The second-order valence-corrected chi connectivity index (χ2v) is 5.10. The molecule has 0 aromatic carbocycles. The molecular weight excluding hydrogens is 234 g/mol. The van der Waals surface area contributed by atoms with Gasteiger partial charge in [-0.15, -0.1) is 11.8 Å². The molecule has 1 aliphatic heterocycles. The molecule has 0 bridgehead atoms. The van der Waals surface area contributed by atoms with Gasteiger partial charge in [-0.2, -0.15) is 5.26 Å². The molecule has 2 heterocycles. The topological polar surface area (TPSA) is 58.8 Å². The number of thioether (sulfide) groups is 1. The zero-order chi connectivity index (χ0) is 12.3. The zero-order valence-corrected chi connectivity index (χ0v) is 10.9. The van der Waals surface area contributed by atoms with E-state index in [1.54, 1.807) is 11.8 Å². The van der Waals surface area contributed by atoms with Gasteiger partial charge in [0.1, 0.15) is 22.5 Å². The van der Waals surface area contributed by atoms with E-state index in [1.807, 2.05) is 13.8 Å². The monoisotopic (exact) mass is 249 g/mol. The predicted molar refractivity (Wildman–Crippen MR) is 65.9 cm³/mol. The molecule has 90 valence electrons. The van der Waals surface area contributed by atoms with E-state index in [9.17, 15) is 0 Å². The van der Waals surface area contributed by atoms with Crippen LogP contribution in [0.3, 0.4) is 0 Å². The van der Waals surface area contributed by atoms with Crippen molar-refractivity contribution in [3.8, 4) is 6.07 Å². The highest BCUT2D eigenvalue weighted by atomic mass is 32.2. The van der Waals surface area contributed by atoms with Crippen LogP contribution in [0.4, 0.5) is 0 Å². The van der Waals surface area contributed by atoms with Crippen LogP contribution in [0.2, 0.25) is 0 Å². The summed E-state index contributed by atoms with van der Waals surface area (Å²) in [5.41, 5.74) is 1.36. The summed E-state index contributed by atoms with van der Waals surface area (Å²) in [7, 11) is 0. The molecule has 0 amide bonds. The Kier molecular flexibility index (Phi) is 3.97. The number of aromatic nitrogens is 2. The summed E-state index contributed by atoms with van der Waals surface area (Å²) in [4.78, 5) is 8.55. The van der Waals surface area contributed by atoms with Gasteiger partial charge in [0.25, 0.3) is 0 Å². The normalized spacial score (nSPS) is 19.2. The van der Waals surface area contributed by atoms with E-state index in [4.69, 9.17) is 10.00 Å². The Morgan fingerprint density at radius 3 is 2.94 bits per heavy atom. The van der Waals surface area contributed by atoms with Crippen LogP contribution in [0.15, 0.2) is 5.03 Å². The molecule has 5 heteroatoms. The standard InChI is InChI=1S/C12H15N3OS/c1-8-11(6-13)12(15-9(2)14-8)17-7-10-4-3-5-16-10/h10H,3-5,7H2,1-2H3/t10-/m1/s1. The van der Waals surface area contributed by atoms with Crippen molar-refractivity contribution in [2.24, 2.45) is 0 Å². The molecule has 17 heavy (non-hydrogen) atoms. The van der Waals surface area contributed by atoms with Gasteiger partial charge in [0, 0.05) is 12.4 Å². The molecule has 1 atom stereocenters. The van der Waals surface area contributed by atoms with E-state index >= 15 is 0 Å². The Bertz CT molecular complexity index is 450. The van der Waals surface area contributed by atoms with Crippen LogP contribution in [0, 0.1) is 25.2 Å². The number of aryl methyl sites for hydroxylation is 2. The summed E-state index contributed by atoms with van der Waals surface area (Å²) in [6.45, 7) is 4.56. The van der Waals surface area contributed by atoms with Gasteiger partial charge in [-0.1, -0.05) is 0 Å². The summed E-state index contributed by atoms with van der Waals surface area (Å²) < 4.78 is 5.56. The number of hydrogen-bond donors (Lipinski definition) is 0. The SMILES string of the molecule is Cc1nc(C)c(C#N)c(SC[C@H]2CCCO2)n1. The first-order valence-electron chi connectivity index (χ1n) is 5.70. The maximum atomic E-state index is 9.11. The molecule has 0 aliphatic carbocycles. The van der Waals surface area contributed by atoms with E-state index in [0.29, 0.717) is 11.7 Å². The maximum absolute atomic E-state index is 9.11. The first-order valence-corrected chi connectivity index (χ1v) is 6.69. The quantitative estimate of drug-likeness (QED) is 0.607. The van der Waals surface area contributed by atoms with Gasteiger partial charge in [-0.25, -0.2) is 9.97 Å². The minimum Gasteiger partial charge on any atom is -0.377 e. The van der Waals surface area contributed by atoms with Crippen molar-refractivity contribution in [2.45, 2.75) is 37.8 Å². The number of rotatable bonds is 3. The average Bonchev–Trinajstić information content (AvgIpc) is 2.78. The van der Waals surface area contributed by atoms with Gasteiger partial charge in [0.05, 0.1) is 11.8 Å². The van der Waals surface area contributed by atoms with Gasteiger partial charge < -0.3 is 4.74 Å². The average molecular weight is 249 g/mol. The molecule has 1 aromatic rings. The molecule has 0 N–H and O–H groups in total. The maximum Gasteiger partial charge on any atom is 0.126 e. The lowest BCUT2D eigenvalue weighted by molar-refractivity contribution is 0.129. The highest BCUT2D eigenvalue weighted by Gasteiger charge is 2.18. The summed E-state index contributed by atoms with van der Waals surface area (Å²) in [5, 5.41) is 9.89. The molecule has 1 aliphatic rings. The van der Waals surface area contributed by atoms with Crippen LogP contribution >= 0.6 is 11.8 Å². The molecule has 2 rings (SSSR count). The van der Waals surface area contributed by atoms with E-state index in [-0.39, 0.29) is 0 Å². The van der Waals surface area contributed by atoms with Crippen molar-refractivity contribution in [2.75, 3.05) is 12.4 Å². The summed E-state index contributed by atoms with van der Waals surface area (Å²) in [5.74, 6) is 1.58. The van der Waals surface area contributed by atoms with E-state index < -0.39 is 0 Å². The molecule has 0 unspecified atom stereocenters. The molecule has 0 spiro atoms. The Labute approximate surface area is 105 Å². The minimum atomic E-state index is 0.308. The fourth-order valence-electron chi connectivity index (χ4n) is 1.86. The van der Waals surface area contributed by atoms with Gasteiger partial charge >= 0.3 is 0 Å². The van der Waals surface area contributed by atoms with Crippen molar-refractivity contribution in [1.29, 1.82) is 5.26 Å². The van der Waals surface area contributed by atoms with Crippen LogP contribution < -0.4 is 0 Å². The Morgan fingerprint density at radius 2 is 2.29 bits per heavy atom. The van der Waals surface area contributed by atoms with Crippen LogP contribution in [0.1, 0.15) is 29.9 Å².